The average molecular weight is 355 g/mol. The molecule has 1 heterocycles. The molecule has 1 aliphatic heterocycles. The van der Waals surface area contributed by atoms with Crippen LogP contribution in [0.1, 0.15) is 45.1 Å². The van der Waals surface area contributed by atoms with E-state index in [1.165, 1.54) is 7.11 Å². The van der Waals surface area contributed by atoms with Crippen LogP contribution >= 0.6 is 0 Å². The van der Waals surface area contributed by atoms with E-state index in [0.29, 0.717) is 17.7 Å². The maximum atomic E-state index is 12.8. The predicted octanol–water partition coefficient (Wildman–Crippen LogP) is 3.47. The Morgan fingerprint density at radius 3 is 2.65 bits per heavy atom. The molecule has 138 valence electrons. The van der Waals surface area contributed by atoms with Gasteiger partial charge in [0.05, 0.1) is 24.7 Å². The zero-order chi connectivity index (χ0) is 18.8. The Balaban J connectivity index is 2.21. The molecule has 0 radical (unpaired) electrons. The number of ether oxygens (including phenoxy) is 2. The molecule has 1 aromatic carbocycles. The van der Waals surface area contributed by atoms with Crippen molar-refractivity contribution in [2.75, 3.05) is 7.11 Å². The Kier molecular flexibility index (Phi) is 5.16. The Bertz CT molecular complexity index is 791. The Hall–Kier alpha value is -2.56. The van der Waals surface area contributed by atoms with Crippen LogP contribution in [0.15, 0.2) is 47.3 Å². The minimum absolute atomic E-state index is 0.0124. The molecule has 0 spiro atoms. The predicted molar refractivity (Wildman–Crippen MR) is 98.6 cm³/mol. The van der Waals surface area contributed by atoms with Gasteiger partial charge in [-0.3, -0.25) is 4.79 Å². The summed E-state index contributed by atoms with van der Waals surface area (Å²) in [4.78, 5) is 25.4. The molecule has 26 heavy (non-hydrogen) atoms. The fourth-order valence-corrected chi connectivity index (χ4v) is 3.83. The first-order valence-electron chi connectivity index (χ1n) is 8.98. The van der Waals surface area contributed by atoms with Gasteiger partial charge in [-0.15, -0.1) is 0 Å². The molecule has 0 saturated carbocycles. The molecule has 1 N–H and O–H groups in total. The van der Waals surface area contributed by atoms with Gasteiger partial charge in [-0.25, -0.2) is 4.79 Å². The van der Waals surface area contributed by atoms with Crippen LogP contribution < -0.4 is 10.1 Å². The molecule has 1 aliphatic carbocycles. The summed E-state index contributed by atoms with van der Waals surface area (Å²) in [6.45, 7) is 5.76. The number of hydrogen-bond acceptors (Lipinski definition) is 5. The highest BCUT2D eigenvalue weighted by atomic mass is 16.5. The van der Waals surface area contributed by atoms with Crippen molar-refractivity contribution in [3.63, 3.8) is 0 Å². The summed E-state index contributed by atoms with van der Waals surface area (Å²) >= 11 is 0. The van der Waals surface area contributed by atoms with E-state index in [0.717, 1.165) is 23.4 Å². The lowest BCUT2D eigenvalue weighted by Gasteiger charge is -2.38. The number of fused-ring (bicyclic) bond motifs is 1. The van der Waals surface area contributed by atoms with E-state index < -0.39 is 17.8 Å². The molecule has 2 unspecified atom stereocenters. The maximum absolute atomic E-state index is 12.8. The minimum Gasteiger partial charge on any atom is -0.491 e. The van der Waals surface area contributed by atoms with Crippen LogP contribution in [-0.4, -0.2) is 25.0 Å². The lowest BCUT2D eigenvalue weighted by Crippen LogP contribution is -2.40. The second-order valence-electron chi connectivity index (χ2n) is 6.98. The van der Waals surface area contributed by atoms with Gasteiger partial charge in [-0.05, 0) is 33.3 Å². The minimum atomic E-state index is -0.420. The first-order chi connectivity index (χ1) is 12.4. The topological polar surface area (TPSA) is 64.6 Å². The van der Waals surface area contributed by atoms with Crippen LogP contribution in [-0.2, 0) is 14.3 Å². The third-order valence-electron chi connectivity index (χ3n) is 4.84. The second-order valence-corrected chi connectivity index (χ2v) is 6.98. The standard InChI is InChI=1S/C21H25NO4/c1-12(2)26-17-11-6-5-8-14(17)19-18(21(24)25-4)13(3)22-15-9-7-10-16(23)20(15)19/h5-6,8-9,11-12,19-20,22H,7,10H2,1-4H3. The van der Waals surface area contributed by atoms with Crippen LogP contribution in [0.5, 0.6) is 5.75 Å². The van der Waals surface area contributed by atoms with Crippen LogP contribution in [0.2, 0.25) is 0 Å². The van der Waals surface area contributed by atoms with Crippen LogP contribution in [0.4, 0.5) is 0 Å². The third-order valence-corrected chi connectivity index (χ3v) is 4.84. The van der Waals surface area contributed by atoms with E-state index in [-0.39, 0.29) is 11.9 Å². The van der Waals surface area contributed by atoms with Gasteiger partial charge in [0.15, 0.2) is 0 Å². The summed E-state index contributed by atoms with van der Waals surface area (Å²) in [7, 11) is 1.37. The van der Waals surface area contributed by atoms with Crippen molar-refractivity contribution >= 4 is 11.8 Å². The zero-order valence-electron chi connectivity index (χ0n) is 15.7. The van der Waals surface area contributed by atoms with Gasteiger partial charge >= 0.3 is 5.97 Å². The number of ketones is 1. The first-order valence-corrected chi connectivity index (χ1v) is 8.98. The Morgan fingerprint density at radius 1 is 1.23 bits per heavy atom. The van der Waals surface area contributed by atoms with Crippen molar-refractivity contribution in [1.82, 2.24) is 5.32 Å². The van der Waals surface area contributed by atoms with E-state index in [4.69, 9.17) is 9.47 Å². The number of methoxy groups -OCH3 is 1. The third kappa shape index (κ3) is 3.26. The molecule has 0 bridgehead atoms. The number of carbonyl (C=O) groups excluding carboxylic acids is 2. The van der Waals surface area contributed by atoms with E-state index in [9.17, 15) is 9.59 Å². The summed E-state index contributed by atoms with van der Waals surface area (Å²) in [5.41, 5.74) is 2.92. The van der Waals surface area contributed by atoms with Gasteiger partial charge in [-0.1, -0.05) is 24.3 Å². The summed E-state index contributed by atoms with van der Waals surface area (Å²) in [6, 6.07) is 7.63. The highest BCUT2D eigenvalue weighted by Gasteiger charge is 2.44. The molecule has 0 amide bonds. The smallest absolute Gasteiger partial charge is 0.336 e. The number of benzene rings is 1. The number of esters is 1. The monoisotopic (exact) mass is 355 g/mol. The van der Waals surface area contributed by atoms with Crippen molar-refractivity contribution < 1.29 is 19.1 Å². The zero-order valence-corrected chi connectivity index (χ0v) is 15.7. The van der Waals surface area contributed by atoms with Gasteiger partial charge in [0.2, 0.25) is 0 Å². The van der Waals surface area contributed by atoms with Crippen LogP contribution in [0.3, 0.4) is 0 Å². The summed E-state index contributed by atoms with van der Waals surface area (Å²) in [5, 5.41) is 3.25. The van der Waals surface area contributed by atoms with Crippen LogP contribution in [0, 0.1) is 5.92 Å². The van der Waals surface area contributed by atoms with Crippen molar-refractivity contribution in [2.45, 2.75) is 45.6 Å². The number of carbonyl (C=O) groups is 2. The number of para-hydroxylation sites is 1. The van der Waals surface area contributed by atoms with E-state index in [1.54, 1.807) is 0 Å². The Labute approximate surface area is 154 Å². The maximum Gasteiger partial charge on any atom is 0.336 e. The number of nitrogens with one attached hydrogen (secondary N) is 1. The normalized spacial score (nSPS) is 22.5. The van der Waals surface area contributed by atoms with Gasteiger partial charge in [0, 0.05) is 29.3 Å². The van der Waals surface area contributed by atoms with Crippen LogP contribution in [0.25, 0.3) is 0 Å². The molecule has 5 nitrogen and oxygen atoms in total. The molecule has 0 aromatic heterocycles. The fourth-order valence-electron chi connectivity index (χ4n) is 3.83. The van der Waals surface area contributed by atoms with Gasteiger partial charge in [0.1, 0.15) is 11.5 Å². The second kappa shape index (κ2) is 7.36. The largest absolute Gasteiger partial charge is 0.491 e. The molecule has 2 atom stereocenters. The van der Waals surface area contributed by atoms with Crippen molar-refractivity contribution in [3.05, 3.63) is 52.9 Å². The number of hydrogen-bond donors (Lipinski definition) is 1. The SMILES string of the molecule is COC(=O)C1=C(C)NC2=CCCC(=O)C2C1c1ccccc1OC(C)C. The number of Topliss-reactive ketones (excluding diaryl/α,β-unsaturated/α-hetero) is 1. The molecule has 5 heteroatoms. The quantitative estimate of drug-likeness (QED) is 0.838. The Morgan fingerprint density at radius 2 is 1.96 bits per heavy atom. The summed E-state index contributed by atoms with van der Waals surface area (Å²) in [5.74, 6) is -0.428. The molecule has 3 rings (SSSR count). The van der Waals surface area contributed by atoms with Crippen molar-refractivity contribution in [1.29, 1.82) is 0 Å². The van der Waals surface area contributed by atoms with E-state index in [2.05, 4.69) is 11.4 Å². The lowest BCUT2D eigenvalue weighted by atomic mass is 9.71. The van der Waals surface area contributed by atoms with Crippen molar-refractivity contribution in [3.8, 4) is 5.75 Å². The molecule has 0 saturated heterocycles. The molecule has 1 aromatic rings. The number of rotatable bonds is 4. The first kappa shape index (κ1) is 18.2. The fraction of sp³-hybridized carbons (Fsp3) is 0.429. The van der Waals surface area contributed by atoms with Crippen molar-refractivity contribution in [2.24, 2.45) is 5.92 Å². The lowest BCUT2D eigenvalue weighted by molar-refractivity contribution is -0.136. The summed E-state index contributed by atoms with van der Waals surface area (Å²) in [6.07, 6.45) is 3.24. The van der Waals surface area contributed by atoms with Gasteiger partial charge in [0.25, 0.3) is 0 Å². The molecular formula is C21H25NO4. The highest BCUT2D eigenvalue weighted by molar-refractivity contribution is 5.96. The van der Waals surface area contributed by atoms with Gasteiger partial charge < -0.3 is 14.8 Å². The molecule has 0 fully saturated rings. The van der Waals surface area contributed by atoms with Gasteiger partial charge in [-0.2, -0.15) is 0 Å². The molecular weight excluding hydrogens is 330 g/mol. The number of allylic oxidation sites excluding steroid dienone is 3. The summed E-state index contributed by atoms with van der Waals surface area (Å²) < 4.78 is 11.0. The molecule has 2 aliphatic rings. The van der Waals surface area contributed by atoms with E-state index >= 15 is 0 Å². The highest BCUT2D eigenvalue weighted by Crippen LogP contribution is 2.46. The van der Waals surface area contributed by atoms with E-state index in [1.807, 2.05) is 45.0 Å². The average Bonchev–Trinajstić information content (AvgIpc) is 2.60.